The summed E-state index contributed by atoms with van der Waals surface area (Å²) in [5, 5.41) is 16.9. The van der Waals surface area contributed by atoms with E-state index in [1.54, 1.807) is 44.9 Å². The van der Waals surface area contributed by atoms with Crippen molar-refractivity contribution in [3.8, 4) is 0 Å². The lowest BCUT2D eigenvalue weighted by Crippen LogP contribution is -2.60. The van der Waals surface area contributed by atoms with Crippen molar-refractivity contribution in [2.75, 3.05) is 41.9 Å². The highest BCUT2D eigenvalue weighted by Gasteiger charge is 2.43. The van der Waals surface area contributed by atoms with Crippen molar-refractivity contribution in [1.29, 1.82) is 0 Å². The van der Waals surface area contributed by atoms with Crippen LogP contribution in [0, 0.1) is 23.7 Å². The molecule has 1 aromatic carbocycles. The number of carbonyl (C=O) groups excluding carboxylic acids is 4. The first kappa shape index (κ1) is 46.1. The number of nitrogens with zero attached hydrogens (tertiary/aromatic N) is 3. The Bertz CT molecular complexity index is 1290. The van der Waals surface area contributed by atoms with Crippen LogP contribution in [0.1, 0.15) is 99.2 Å². The molecular formula is C41H71N5O7. The molecule has 1 aliphatic rings. The van der Waals surface area contributed by atoms with Crippen LogP contribution in [0.5, 0.6) is 0 Å². The number of nitrogens with one attached hydrogen (secondary N) is 2. The lowest BCUT2D eigenvalue weighted by molar-refractivity contribution is -0.148. The predicted octanol–water partition coefficient (Wildman–Crippen LogP) is 4.26. The fraction of sp³-hybridized carbons (Fsp3) is 0.756. The Morgan fingerprint density at radius 3 is 2.00 bits per heavy atom. The summed E-state index contributed by atoms with van der Waals surface area (Å²) in [7, 11) is 8.61. The molecule has 302 valence electrons. The molecule has 0 unspecified atom stereocenters. The van der Waals surface area contributed by atoms with Crippen LogP contribution >= 0.6 is 0 Å². The highest BCUT2D eigenvalue weighted by molar-refractivity contribution is 5.90. The van der Waals surface area contributed by atoms with Crippen LogP contribution in [0.25, 0.3) is 0 Å². The quantitative estimate of drug-likeness (QED) is 0.170. The van der Waals surface area contributed by atoms with Gasteiger partial charge >= 0.3 is 0 Å². The number of aliphatic hydroxyl groups excluding tert-OH is 1. The van der Waals surface area contributed by atoms with Gasteiger partial charge < -0.3 is 35.0 Å². The van der Waals surface area contributed by atoms with Gasteiger partial charge in [0.15, 0.2) is 0 Å². The molecule has 0 spiro atoms. The molecule has 0 radical (unpaired) electrons. The van der Waals surface area contributed by atoms with E-state index in [1.807, 2.05) is 77.0 Å². The van der Waals surface area contributed by atoms with Crippen LogP contribution < -0.4 is 10.6 Å². The zero-order chi connectivity index (χ0) is 40.2. The van der Waals surface area contributed by atoms with Gasteiger partial charge in [-0.1, -0.05) is 91.6 Å². The zero-order valence-electron chi connectivity index (χ0n) is 34.8. The molecule has 1 heterocycles. The summed E-state index contributed by atoms with van der Waals surface area (Å²) in [6.07, 6.45) is 0.845. The van der Waals surface area contributed by atoms with Crippen molar-refractivity contribution in [2.24, 2.45) is 23.7 Å². The smallest absolute Gasteiger partial charge is 0.245 e. The zero-order valence-corrected chi connectivity index (χ0v) is 34.8. The van der Waals surface area contributed by atoms with E-state index in [1.165, 1.54) is 0 Å². The summed E-state index contributed by atoms with van der Waals surface area (Å²) in [6.45, 7) is 16.1. The van der Waals surface area contributed by atoms with E-state index < -0.39 is 48.4 Å². The Labute approximate surface area is 319 Å². The minimum Gasteiger partial charge on any atom is -0.386 e. The number of benzene rings is 1. The number of likely N-dealkylation sites (N-methyl/N-ethyl adjacent to an activating group) is 2. The van der Waals surface area contributed by atoms with Gasteiger partial charge in [-0.2, -0.15) is 0 Å². The molecule has 1 fully saturated rings. The number of carbonyl (C=O) groups is 4. The van der Waals surface area contributed by atoms with Gasteiger partial charge in [0.1, 0.15) is 6.04 Å². The lowest BCUT2D eigenvalue weighted by atomic mass is 9.88. The number of hydrogen-bond acceptors (Lipinski definition) is 8. The molecule has 0 aromatic heterocycles. The molecule has 4 amide bonds. The molecule has 53 heavy (non-hydrogen) atoms. The number of likely N-dealkylation sites (tertiary alicyclic amines) is 1. The Hall–Kier alpha value is -3.06. The monoisotopic (exact) mass is 746 g/mol. The van der Waals surface area contributed by atoms with Gasteiger partial charge in [0, 0.05) is 27.8 Å². The molecule has 1 aliphatic heterocycles. The molecule has 0 aliphatic carbocycles. The van der Waals surface area contributed by atoms with Crippen molar-refractivity contribution >= 4 is 23.6 Å². The summed E-state index contributed by atoms with van der Waals surface area (Å²) in [4.78, 5) is 60.9. The van der Waals surface area contributed by atoms with Crippen LogP contribution in [-0.4, -0.2) is 128 Å². The van der Waals surface area contributed by atoms with E-state index in [-0.39, 0.29) is 53.8 Å². The second kappa shape index (κ2) is 21.7. The SMILES string of the molecule is CC[C@H](C)[C@@H]([C@@H](CC(=O)N1CCC[C@H]1[C@H](OC)[C@@H](C)C(=O)N[C@H](C)[C@@H](O)c1ccccc1)OC)N(C)C(=O)[C@@H](NC(=O)[C@H](C(C)C)N(C)C)[C@@H](C)CC. The molecule has 1 aromatic rings. The number of amides is 4. The molecule has 11 atom stereocenters. The Morgan fingerprint density at radius 2 is 1.49 bits per heavy atom. The summed E-state index contributed by atoms with van der Waals surface area (Å²) in [5.74, 6) is -1.48. The molecule has 1 saturated heterocycles. The summed E-state index contributed by atoms with van der Waals surface area (Å²) < 4.78 is 12.0. The Kier molecular flexibility index (Phi) is 18.9. The van der Waals surface area contributed by atoms with Gasteiger partial charge in [0.2, 0.25) is 23.6 Å². The molecule has 12 nitrogen and oxygen atoms in total. The molecule has 2 rings (SSSR count). The predicted molar refractivity (Wildman–Crippen MR) is 209 cm³/mol. The minimum absolute atomic E-state index is 0.0155. The van der Waals surface area contributed by atoms with E-state index in [2.05, 4.69) is 24.5 Å². The van der Waals surface area contributed by atoms with Crippen LogP contribution in [0.3, 0.4) is 0 Å². The van der Waals surface area contributed by atoms with Crippen LogP contribution in [0.2, 0.25) is 0 Å². The summed E-state index contributed by atoms with van der Waals surface area (Å²) in [6, 6.07) is 6.74. The third kappa shape index (κ3) is 12.0. The summed E-state index contributed by atoms with van der Waals surface area (Å²) in [5.41, 5.74) is 0.712. The van der Waals surface area contributed by atoms with E-state index in [0.29, 0.717) is 24.9 Å². The maximum atomic E-state index is 14.4. The van der Waals surface area contributed by atoms with Crippen LogP contribution in [0.15, 0.2) is 30.3 Å². The Balaban J connectivity index is 2.28. The normalized spacial score (nSPS) is 20.5. The lowest BCUT2D eigenvalue weighted by Gasteiger charge is -2.41. The largest absolute Gasteiger partial charge is 0.386 e. The number of hydrogen-bond donors (Lipinski definition) is 3. The first-order valence-electron chi connectivity index (χ1n) is 19.6. The first-order valence-corrected chi connectivity index (χ1v) is 19.6. The molecule has 0 saturated carbocycles. The van der Waals surface area contributed by atoms with Gasteiger partial charge in [-0.15, -0.1) is 0 Å². The first-order chi connectivity index (χ1) is 25.0. The number of ether oxygens (including phenoxy) is 2. The summed E-state index contributed by atoms with van der Waals surface area (Å²) >= 11 is 0. The average molecular weight is 746 g/mol. The van der Waals surface area contributed by atoms with Crippen molar-refractivity contribution < 1.29 is 33.8 Å². The van der Waals surface area contributed by atoms with E-state index in [4.69, 9.17) is 9.47 Å². The second-order valence-electron chi connectivity index (χ2n) is 15.8. The van der Waals surface area contributed by atoms with Crippen molar-refractivity contribution in [3.63, 3.8) is 0 Å². The van der Waals surface area contributed by atoms with Gasteiger partial charge in [0.05, 0.1) is 54.8 Å². The molecular weight excluding hydrogens is 674 g/mol. The van der Waals surface area contributed by atoms with Crippen molar-refractivity contribution in [3.05, 3.63) is 35.9 Å². The number of methoxy groups -OCH3 is 2. The maximum absolute atomic E-state index is 14.4. The topological polar surface area (TPSA) is 141 Å². The highest BCUT2D eigenvalue weighted by Crippen LogP contribution is 2.30. The fourth-order valence-electron chi connectivity index (χ4n) is 7.95. The van der Waals surface area contributed by atoms with Gasteiger partial charge in [-0.3, -0.25) is 24.1 Å². The minimum atomic E-state index is -0.876. The number of rotatable bonds is 21. The van der Waals surface area contributed by atoms with Gasteiger partial charge in [-0.05, 0) is 57.2 Å². The van der Waals surface area contributed by atoms with Crippen LogP contribution in [0.4, 0.5) is 0 Å². The molecule has 0 bridgehead atoms. The fourth-order valence-corrected chi connectivity index (χ4v) is 7.95. The van der Waals surface area contributed by atoms with Gasteiger partial charge in [0.25, 0.3) is 0 Å². The van der Waals surface area contributed by atoms with Crippen LogP contribution in [-0.2, 0) is 28.7 Å². The third-order valence-corrected chi connectivity index (χ3v) is 11.5. The average Bonchev–Trinajstić information content (AvgIpc) is 3.62. The number of aliphatic hydroxyl groups is 1. The third-order valence-electron chi connectivity index (χ3n) is 11.5. The van der Waals surface area contributed by atoms with Crippen molar-refractivity contribution in [1.82, 2.24) is 25.3 Å². The highest BCUT2D eigenvalue weighted by atomic mass is 16.5. The standard InChI is InChI=1S/C41H71N5O7/c1-14-26(5)34(43-40(50)35(25(3)4)44(9)10)41(51)45(11)36(27(6)15-2)32(52-12)24-33(47)46-23-19-22-31(46)38(53-13)28(7)39(49)42-29(8)37(48)30-20-17-16-18-21-30/h16-18,20-21,25-29,31-32,34-38,48H,14-15,19,22-24H2,1-13H3,(H,42,49)(H,43,50)/t26-,27-,28+,29+,31-,32+,34-,35-,36-,37+,38+/m0/s1. The molecule has 3 N–H and O–H groups in total. The van der Waals surface area contributed by atoms with E-state index >= 15 is 0 Å². The second-order valence-corrected chi connectivity index (χ2v) is 15.8. The Morgan fingerprint density at radius 1 is 0.887 bits per heavy atom. The van der Waals surface area contributed by atoms with Crippen molar-refractivity contribution in [2.45, 2.75) is 136 Å². The van der Waals surface area contributed by atoms with E-state index in [9.17, 15) is 24.3 Å². The molecule has 12 heteroatoms. The van der Waals surface area contributed by atoms with E-state index in [0.717, 1.165) is 12.8 Å². The van der Waals surface area contributed by atoms with Gasteiger partial charge in [-0.25, -0.2) is 0 Å². The maximum Gasteiger partial charge on any atom is 0.245 e.